The van der Waals surface area contributed by atoms with Crippen LogP contribution in [0.3, 0.4) is 0 Å². The molecule has 2 N–H and O–H groups in total. The fourth-order valence-electron chi connectivity index (χ4n) is 1.43. The lowest BCUT2D eigenvalue weighted by Gasteiger charge is -2.04. The first-order valence-electron chi connectivity index (χ1n) is 4.93. The van der Waals surface area contributed by atoms with Crippen LogP contribution < -0.4 is 5.73 Å². The summed E-state index contributed by atoms with van der Waals surface area (Å²) in [5, 5.41) is 8.31. The highest BCUT2D eigenvalue weighted by Gasteiger charge is 2.04. The van der Waals surface area contributed by atoms with Gasteiger partial charge in [0, 0.05) is 5.75 Å². The molecule has 0 bridgehead atoms. The van der Waals surface area contributed by atoms with E-state index in [9.17, 15) is 0 Å². The second kappa shape index (κ2) is 4.84. The molecule has 0 aliphatic carbocycles. The van der Waals surface area contributed by atoms with E-state index in [1.807, 2.05) is 0 Å². The molecule has 2 aromatic rings. The first kappa shape index (κ1) is 11.4. The maximum absolute atomic E-state index is 5.53. The molecule has 1 aromatic heterocycles. The van der Waals surface area contributed by atoms with Crippen molar-refractivity contribution in [3.05, 3.63) is 34.9 Å². The Kier molecular flexibility index (Phi) is 3.46. The van der Waals surface area contributed by atoms with Crippen molar-refractivity contribution in [2.24, 2.45) is 0 Å². The molecule has 0 spiro atoms. The van der Waals surface area contributed by atoms with Crippen molar-refractivity contribution >= 4 is 28.2 Å². The highest BCUT2D eigenvalue weighted by molar-refractivity contribution is 8.00. The number of nitrogens with two attached hydrogens (primary N) is 1. The molecule has 0 atom stereocenters. The van der Waals surface area contributed by atoms with E-state index in [2.05, 4.69) is 42.2 Å². The zero-order chi connectivity index (χ0) is 11.5. The molecular formula is C11H13N3S2. The molecule has 84 valence electrons. The van der Waals surface area contributed by atoms with Gasteiger partial charge in [0.25, 0.3) is 0 Å². The van der Waals surface area contributed by atoms with Gasteiger partial charge in [0.2, 0.25) is 5.13 Å². The standard InChI is InChI=1S/C11H13N3S2/c1-7-3-4-9(8(2)5-7)6-15-11-14-13-10(12)16-11/h3-5H,6H2,1-2H3,(H2,12,13). The summed E-state index contributed by atoms with van der Waals surface area (Å²) in [4.78, 5) is 0. The maximum atomic E-state index is 5.53. The number of nitrogens with zero attached hydrogens (tertiary/aromatic N) is 2. The topological polar surface area (TPSA) is 51.8 Å². The molecule has 5 heteroatoms. The molecule has 0 aliphatic heterocycles. The van der Waals surface area contributed by atoms with Crippen LogP contribution in [0.4, 0.5) is 5.13 Å². The SMILES string of the molecule is Cc1ccc(CSc2nnc(N)s2)c(C)c1. The van der Waals surface area contributed by atoms with Crippen LogP contribution in [0.15, 0.2) is 22.5 Å². The van der Waals surface area contributed by atoms with E-state index in [0.717, 1.165) is 10.1 Å². The number of aryl methyl sites for hydroxylation is 2. The molecule has 1 heterocycles. The summed E-state index contributed by atoms with van der Waals surface area (Å²) in [6.07, 6.45) is 0. The Morgan fingerprint density at radius 2 is 2.12 bits per heavy atom. The number of hydrogen-bond acceptors (Lipinski definition) is 5. The zero-order valence-electron chi connectivity index (χ0n) is 9.23. The van der Waals surface area contributed by atoms with Gasteiger partial charge in [-0.2, -0.15) is 0 Å². The lowest BCUT2D eigenvalue weighted by Crippen LogP contribution is -1.87. The fourth-order valence-corrected chi connectivity index (χ4v) is 3.14. The van der Waals surface area contributed by atoms with Gasteiger partial charge in [-0.3, -0.25) is 0 Å². The average Bonchev–Trinajstić information content (AvgIpc) is 2.63. The van der Waals surface area contributed by atoms with Gasteiger partial charge in [-0.25, -0.2) is 0 Å². The normalized spacial score (nSPS) is 10.6. The smallest absolute Gasteiger partial charge is 0.203 e. The Balaban J connectivity index is 2.04. The molecular weight excluding hydrogens is 238 g/mol. The number of hydrogen-bond donors (Lipinski definition) is 1. The minimum absolute atomic E-state index is 0.531. The first-order chi connectivity index (χ1) is 7.65. The monoisotopic (exact) mass is 251 g/mol. The summed E-state index contributed by atoms with van der Waals surface area (Å²) >= 11 is 3.11. The molecule has 0 aliphatic rings. The lowest BCUT2D eigenvalue weighted by molar-refractivity contribution is 1.02. The summed E-state index contributed by atoms with van der Waals surface area (Å²) in [6.45, 7) is 4.24. The van der Waals surface area contributed by atoms with E-state index in [1.54, 1.807) is 11.8 Å². The lowest BCUT2D eigenvalue weighted by atomic mass is 10.1. The molecule has 0 fully saturated rings. The minimum atomic E-state index is 0.531. The Hall–Kier alpha value is -1.07. The van der Waals surface area contributed by atoms with Gasteiger partial charge in [0.1, 0.15) is 0 Å². The summed E-state index contributed by atoms with van der Waals surface area (Å²) < 4.78 is 0.928. The van der Waals surface area contributed by atoms with Gasteiger partial charge in [0.05, 0.1) is 0 Å². The zero-order valence-corrected chi connectivity index (χ0v) is 10.9. The quantitative estimate of drug-likeness (QED) is 0.852. The third-order valence-corrected chi connectivity index (χ3v) is 4.21. The molecule has 0 radical (unpaired) electrons. The van der Waals surface area contributed by atoms with Gasteiger partial charge in [-0.15, -0.1) is 10.2 Å². The largest absolute Gasteiger partial charge is 0.374 e. The summed E-state index contributed by atoms with van der Waals surface area (Å²) in [7, 11) is 0. The summed E-state index contributed by atoms with van der Waals surface area (Å²) in [6, 6.07) is 6.50. The van der Waals surface area contributed by atoms with E-state index >= 15 is 0 Å². The molecule has 0 saturated carbocycles. The Morgan fingerprint density at radius 1 is 1.31 bits per heavy atom. The maximum Gasteiger partial charge on any atom is 0.203 e. The summed E-state index contributed by atoms with van der Waals surface area (Å²) in [5.41, 5.74) is 9.49. The van der Waals surface area contributed by atoms with Crippen molar-refractivity contribution in [2.45, 2.75) is 23.9 Å². The van der Waals surface area contributed by atoms with Gasteiger partial charge in [-0.1, -0.05) is 46.9 Å². The van der Waals surface area contributed by atoms with Crippen molar-refractivity contribution in [1.82, 2.24) is 10.2 Å². The van der Waals surface area contributed by atoms with Crippen molar-refractivity contribution in [1.29, 1.82) is 0 Å². The van der Waals surface area contributed by atoms with Crippen LogP contribution in [0.25, 0.3) is 0 Å². The number of nitrogen functional groups attached to an aromatic ring is 1. The van der Waals surface area contributed by atoms with Crippen LogP contribution in [0, 0.1) is 13.8 Å². The number of rotatable bonds is 3. The van der Waals surface area contributed by atoms with Crippen molar-refractivity contribution in [3.8, 4) is 0 Å². The van der Waals surface area contributed by atoms with Crippen LogP contribution >= 0.6 is 23.1 Å². The van der Waals surface area contributed by atoms with E-state index in [4.69, 9.17) is 5.73 Å². The number of thioether (sulfide) groups is 1. The summed E-state index contributed by atoms with van der Waals surface area (Å²) in [5.74, 6) is 0.917. The Morgan fingerprint density at radius 3 is 2.75 bits per heavy atom. The Labute approximate surface area is 103 Å². The van der Waals surface area contributed by atoms with Gasteiger partial charge in [-0.05, 0) is 25.0 Å². The highest BCUT2D eigenvalue weighted by atomic mass is 32.2. The van der Waals surface area contributed by atoms with Crippen LogP contribution in [0.1, 0.15) is 16.7 Å². The van der Waals surface area contributed by atoms with Crippen LogP contribution in [-0.4, -0.2) is 10.2 Å². The number of anilines is 1. The van der Waals surface area contributed by atoms with E-state index in [-0.39, 0.29) is 0 Å². The molecule has 3 nitrogen and oxygen atoms in total. The highest BCUT2D eigenvalue weighted by Crippen LogP contribution is 2.27. The third-order valence-electron chi connectivity index (χ3n) is 2.27. The number of aromatic nitrogens is 2. The van der Waals surface area contributed by atoms with Crippen molar-refractivity contribution in [3.63, 3.8) is 0 Å². The predicted molar refractivity (Wildman–Crippen MR) is 69.8 cm³/mol. The molecule has 0 amide bonds. The van der Waals surface area contributed by atoms with Crippen LogP contribution in [0.5, 0.6) is 0 Å². The van der Waals surface area contributed by atoms with E-state index in [0.29, 0.717) is 5.13 Å². The second-order valence-electron chi connectivity index (χ2n) is 3.62. The molecule has 16 heavy (non-hydrogen) atoms. The van der Waals surface area contributed by atoms with Crippen molar-refractivity contribution in [2.75, 3.05) is 5.73 Å². The van der Waals surface area contributed by atoms with Crippen LogP contribution in [-0.2, 0) is 5.75 Å². The number of benzene rings is 1. The minimum Gasteiger partial charge on any atom is -0.374 e. The van der Waals surface area contributed by atoms with Gasteiger partial charge < -0.3 is 5.73 Å². The van der Waals surface area contributed by atoms with Crippen molar-refractivity contribution < 1.29 is 0 Å². The van der Waals surface area contributed by atoms with E-state index < -0.39 is 0 Å². The molecule has 0 unspecified atom stereocenters. The molecule has 1 aromatic carbocycles. The second-order valence-corrected chi connectivity index (χ2v) is 5.86. The molecule has 2 rings (SSSR count). The average molecular weight is 251 g/mol. The predicted octanol–water partition coefficient (Wildman–Crippen LogP) is 3.03. The first-order valence-corrected chi connectivity index (χ1v) is 6.73. The molecule has 0 saturated heterocycles. The van der Waals surface area contributed by atoms with Gasteiger partial charge >= 0.3 is 0 Å². The third kappa shape index (κ3) is 2.74. The fraction of sp³-hybridized carbons (Fsp3) is 0.273. The van der Waals surface area contributed by atoms with Gasteiger partial charge in [0.15, 0.2) is 4.34 Å². The van der Waals surface area contributed by atoms with E-state index in [1.165, 1.54) is 28.0 Å². The van der Waals surface area contributed by atoms with Crippen LogP contribution in [0.2, 0.25) is 0 Å². The Bertz CT molecular complexity index is 494.